The molecular formula is C27H38N4O2. The molecule has 2 aromatic carbocycles. The summed E-state index contributed by atoms with van der Waals surface area (Å²) in [6.45, 7) is 8.72. The number of nitrogens with one attached hydrogen (secondary N) is 1. The molecule has 0 unspecified atom stereocenters. The fourth-order valence-electron chi connectivity index (χ4n) is 4.89. The molecule has 6 nitrogen and oxygen atoms in total. The number of hydroxylamine groups is 2. The largest absolute Gasteiger partial charge is 0.372 e. The fraction of sp³-hybridized carbons (Fsp3) is 0.519. The third-order valence-electron chi connectivity index (χ3n) is 7.03. The Morgan fingerprint density at radius 2 is 1.52 bits per heavy atom. The number of nitrogens with zero attached hydrogens (tertiary/aromatic N) is 3. The highest BCUT2D eigenvalue weighted by atomic mass is 16.5. The van der Waals surface area contributed by atoms with Crippen molar-refractivity contribution in [2.75, 3.05) is 36.4 Å². The average Bonchev–Trinajstić information content (AvgIpc) is 2.86. The maximum Gasteiger partial charge on any atom is 0.249 e. The normalized spacial score (nSPS) is 17.9. The van der Waals surface area contributed by atoms with Crippen molar-refractivity contribution in [1.29, 1.82) is 0 Å². The van der Waals surface area contributed by atoms with Gasteiger partial charge in [0.25, 0.3) is 0 Å². The van der Waals surface area contributed by atoms with Crippen LogP contribution in [0.4, 0.5) is 17.1 Å². The van der Waals surface area contributed by atoms with E-state index >= 15 is 0 Å². The molecule has 0 saturated carbocycles. The lowest BCUT2D eigenvalue weighted by molar-refractivity contribution is -0.174. The van der Waals surface area contributed by atoms with Crippen LogP contribution in [0.5, 0.6) is 0 Å². The van der Waals surface area contributed by atoms with Crippen molar-refractivity contribution >= 4 is 23.0 Å². The van der Waals surface area contributed by atoms with Gasteiger partial charge in [0.15, 0.2) is 0 Å². The smallest absolute Gasteiger partial charge is 0.249 e. The molecule has 2 N–H and O–H groups in total. The Morgan fingerprint density at radius 3 is 2.09 bits per heavy atom. The molecule has 4 rings (SSSR count). The summed E-state index contributed by atoms with van der Waals surface area (Å²) >= 11 is 0. The van der Waals surface area contributed by atoms with Crippen molar-refractivity contribution in [3.63, 3.8) is 0 Å². The summed E-state index contributed by atoms with van der Waals surface area (Å²) in [4.78, 5) is 17.5. The van der Waals surface area contributed by atoms with Gasteiger partial charge in [-0.3, -0.25) is 10.0 Å². The molecule has 33 heavy (non-hydrogen) atoms. The van der Waals surface area contributed by atoms with Gasteiger partial charge in [-0.2, -0.15) is 0 Å². The number of piperidine rings is 2. The zero-order valence-electron chi connectivity index (χ0n) is 20.0. The van der Waals surface area contributed by atoms with E-state index in [1.807, 2.05) is 24.3 Å². The van der Waals surface area contributed by atoms with Crippen LogP contribution in [0.25, 0.3) is 0 Å². The maximum absolute atomic E-state index is 12.7. The lowest BCUT2D eigenvalue weighted by Crippen LogP contribution is -2.43. The molecule has 2 aliphatic heterocycles. The Balaban J connectivity index is 1.27. The first-order valence-electron chi connectivity index (χ1n) is 12.4. The molecule has 6 heteroatoms. The molecule has 2 heterocycles. The minimum atomic E-state index is -0.158. The summed E-state index contributed by atoms with van der Waals surface area (Å²) in [5.74, 6) is -0.242. The van der Waals surface area contributed by atoms with Gasteiger partial charge in [-0.1, -0.05) is 12.1 Å². The second-order valence-electron chi connectivity index (χ2n) is 9.72. The molecule has 0 aromatic heterocycles. The molecule has 178 valence electrons. The number of anilines is 3. The SMILES string of the molecule is CC(C)N1CCC(C(=O)N(O)Cc2ccc(Nc3ccc(N4CCCCC4)cc3)cc2)CC1. The Morgan fingerprint density at radius 1 is 0.939 bits per heavy atom. The lowest BCUT2D eigenvalue weighted by atomic mass is 9.95. The maximum atomic E-state index is 12.7. The lowest BCUT2D eigenvalue weighted by Gasteiger charge is -2.34. The average molecular weight is 451 g/mol. The molecule has 0 radical (unpaired) electrons. The highest BCUT2D eigenvalue weighted by molar-refractivity contribution is 5.77. The summed E-state index contributed by atoms with van der Waals surface area (Å²) in [7, 11) is 0. The van der Waals surface area contributed by atoms with Crippen LogP contribution in [0.15, 0.2) is 48.5 Å². The van der Waals surface area contributed by atoms with E-state index < -0.39 is 0 Å². The van der Waals surface area contributed by atoms with E-state index in [1.165, 1.54) is 24.9 Å². The van der Waals surface area contributed by atoms with Crippen molar-refractivity contribution in [1.82, 2.24) is 9.96 Å². The summed E-state index contributed by atoms with van der Waals surface area (Å²) in [6.07, 6.45) is 5.52. The second-order valence-corrected chi connectivity index (χ2v) is 9.72. The first kappa shape index (κ1) is 23.6. The molecular weight excluding hydrogens is 412 g/mol. The second kappa shape index (κ2) is 11.0. The van der Waals surface area contributed by atoms with Crippen LogP contribution in [-0.4, -0.2) is 53.3 Å². The van der Waals surface area contributed by atoms with Gasteiger partial charge in [0.05, 0.1) is 6.54 Å². The molecule has 2 aromatic rings. The molecule has 1 amide bonds. The van der Waals surface area contributed by atoms with Gasteiger partial charge in [0.1, 0.15) is 0 Å². The van der Waals surface area contributed by atoms with E-state index in [2.05, 4.69) is 53.2 Å². The predicted octanol–water partition coefficient (Wildman–Crippen LogP) is 5.26. The Bertz CT molecular complexity index is 883. The van der Waals surface area contributed by atoms with Gasteiger partial charge >= 0.3 is 0 Å². The topological polar surface area (TPSA) is 59.1 Å². The fourth-order valence-corrected chi connectivity index (χ4v) is 4.89. The first-order valence-corrected chi connectivity index (χ1v) is 12.4. The van der Waals surface area contributed by atoms with Crippen LogP contribution in [0.1, 0.15) is 51.5 Å². The van der Waals surface area contributed by atoms with Gasteiger partial charge in [0.2, 0.25) is 5.91 Å². The number of hydrogen-bond donors (Lipinski definition) is 2. The highest BCUT2D eigenvalue weighted by Crippen LogP contribution is 2.25. The number of benzene rings is 2. The summed E-state index contributed by atoms with van der Waals surface area (Å²) < 4.78 is 0. The van der Waals surface area contributed by atoms with Crippen LogP contribution >= 0.6 is 0 Å². The van der Waals surface area contributed by atoms with Crippen molar-refractivity contribution in [3.8, 4) is 0 Å². The number of carbonyl (C=O) groups excluding carboxylic acids is 1. The Labute approximate surface area is 198 Å². The number of likely N-dealkylation sites (tertiary alicyclic amines) is 1. The zero-order valence-corrected chi connectivity index (χ0v) is 20.0. The van der Waals surface area contributed by atoms with Crippen LogP contribution in [-0.2, 0) is 11.3 Å². The van der Waals surface area contributed by atoms with E-state index in [9.17, 15) is 10.0 Å². The number of amides is 1. The number of carbonyl (C=O) groups is 1. The van der Waals surface area contributed by atoms with E-state index in [1.54, 1.807) is 0 Å². The number of rotatable bonds is 7. The molecule has 0 bridgehead atoms. The van der Waals surface area contributed by atoms with Crippen LogP contribution in [0.2, 0.25) is 0 Å². The van der Waals surface area contributed by atoms with Gasteiger partial charge in [0, 0.05) is 42.1 Å². The molecule has 2 saturated heterocycles. The van der Waals surface area contributed by atoms with Gasteiger partial charge in [-0.25, -0.2) is 5.06 Å². The molecule has 0 spiro atoms. The summed E-state index contributed by atoms with van der Waals surface area (Å²) in [6, 6.07) is 17.0. The molecule has 0 aliphatic carbocycles. The summed E-state index contributed by atoms with van der Waals surface area (Å²) in [5.41, 5.74) is 4.24. The summed E-state index contributed by atoms with van der Waals surface area (Å²) in [5, 5.41) is 14.7. The third-order valence-corrected chi connectivity index (χ3v) is 7.03. The molecule has 2 aliphatic rings. The van der Waals surface area contributed by atoms with Crippen LogP contribution < -0.4 is 10.2 Å². The van der Waals surface area contributed by atoms with Crippen LogP contribution in [0, 0.1) is 5.92 Å². The van der Waals surface area contributed by atoms with Crippen molar-refractivity contribution in [2.45, 2.75) is 58.5 Å². The van der Waals surface area contributed by atoms with Gasteiger partial charge in [-0.05, 0) is 101 Å². The number of hydrogen-bond acceptors (Lipinski definition) is 5. The minimum absolute atomic E-state index is 0.0844. The van der Waals surface area contributed by atoms with Crippen LogP contribution in [0.3, 0.4) is 0 Å². The molecule has 0 atom stereocenters. The zero-order chi connectivity index (χ0) is 23.2. The first-order chi connectivity index (χ1) is 16.0. The quantitative estimate of drug-likeness (QED) is 0.445. The van der Waals surface area contributed by atoms with Crippen molar-refractivity contribution in [3.05, 3.63) is 54.1 Å². The molecule has 2 fully saturated rings. The van der Waals surface area contributed by atoms with E-state index in [0.29, 0.717) is 6.04 Å². The van der Waals surface area contributed by atoms with Gasteiger partial charge in [-0.15, -0.1) is 0 Å². The van der Waals surface area contributed by atoms with E-state index in [-0.39, 0.29) is 18.4 Å². The van der Waals surface area contributed by atoms with Crippen molar-refractivity contribution < 1.29 is 10.0 Å². The monoisotopic (exact) mass is 450 g/mol. The van der Waals surface area contributed by atoms with E-state index in [4.69, 9.17) is 0 Å². The standard InChI is InChI=1S/C27H38N4O2/c1-21(2)29-18-14-23(15-19-29)27(32)31(33)20-22-6-8-24(9-7-22)28-25-10-12-26(13-11-25)30-16-4-3-5-17-30/h6-13,21,23,28,33H,3-5,14-20H2,1-2H3. The highest BCUT2D eigenvalue weighted by Gasteiger charge is 2.29. The van der Waals surface area contributed by atoms with E-state index in [0.717, 1.165) is 61.0 Å². The van der Waals surface area contributed by atoms with Crippen molar-refractivity contribution in [2.24, 2.45) is 5.92 Å². The van der Waals surface area contributed by atoms with Gasteiger partial charge < -0.3 is 15.1 Å². The Kier molecular flexibility index (Phi) is 7.89. The Hall–Kier alpha value is -2.57. The third kappa shape index (κ3) is 6.27. The predicted molar refractivity (Wildman–Crippen MR) is 134 cm³/mol. The minimum Gasteiger partial charge on any atom is -0.372 e.